The highest BCUT2D eigenvalue weighted by Crippen LogP contribution is 2.20. The first kappa shape index (κ1) is 18.6. The molecule has 30 heavy (non-hydrogen) atoms. The Morgan fingerprint density at radius 3 is 2.67 bits per heavy atom. The number of para-hydroxylation sites is 1. The molecule has 0 radical (unpaired) electrons. The number of carbonyl (C=O) groups excluding carboxylic acids is 1. The molecule has 2 aromatic heterocycles. The Bertz CT molecular complexity index is 1210. The molecule has 4 aromatic rings. The standard InChI is InChI=1S/C23H23N5O2/c1-30-17-7-9-19-21(14-17)26-22(25-19)15-27-10-12-28(13-11-27)23(29)20-8-6-16-4-2-3-5-18(16)24-20/h2-9,14H,10-13,15H2,1H3,(H,25,26). The molecule has 152 valence electrons. The van der Waals surface area contributed by atoms with E-state index in [1.54, 1.807) is 7.11 Å². The van der Waals surface area contributed by atoms with Gasteiger partial charge in [-0.1, -0.05) is 24.3 Å². The van der Waals surface area contributed by atoms with Crippen LogP contribution in [0, 0.1) is 0 Å². The van der Waals surface area contributed by atoms with Gasteiger partial charge in [-0.05, 0) is 24.3 Å². The highest BCUT2D eigenvalue weighted by atomic mass is 16.5. The lowest BCUT2D eigenvalue weighted by Crippen LogP contribution is -2.48. The van der Waals surface area contributed by atoms with Gasteiger partial charge in [0.2, 0.25) is 0 Å². The number of aromatic nitrogens is 3. The van der Waals surface area contributed by atoms with Gasteiger partial charge in [-0.3, -0.25) is 9.69 Å². The minimum absolute atomic E-state index is 0.00349. The molecule has 0 saturated carbocycles. The van der Waals surface area contributed by atoms with Gasteiger partial charge < -0.3 is 14.6 Å². The quantitative estimate of drug-likeness (QED) is 0.569. The summed E-state index contributed by atoms with van der Waals surface area (Å²) in [6.07, 6.45) is 0. The number of nitrogens with zero attached hydrogens (tertiary/aromatic N) is 4. The van der Waals surface area contributed by atoms with E-state index in [0.29, 0.717) is 18.8 Å². The second-order valence-electron chi connectivity index (χ2n) is 7.52. The summed E-state index contributed by atoms with van der Waals surface area (Å²) in [6.45, 7) is 3.70. The fourth-order valence-corrected chi connectivity index (χ4v) is 3.91. The summed E-state index contributed by atoms with van der Waals surface area (Å²) >= 11 is 0. The average molecular weight is 401 g/mol. The molecule has 0 atom stereocenters. The first-order chi connectivity index (χ1) is 14.7. The second-order valence-corrected chi connectivity index (χ2v) is 7.52. The van der Waals surface area contributed by atoms with Crippen molar-refractivity contribution in [2.75, 3.05) is 33.3 Å². The Hall–Kier alpha value is -3.45. The van der Waals surface area contributed by atoms with Crippen LogP contribution in [0.25, 0.3) is 21.9 Å². The van der Waals surface area contributed by atoms with Crippen LogP contribution < -0.4 is 4.74 Å². The number of H-pyrrole nitrogens is 1. The average Bonchev–Trinajstić information content (AvgIpc) is 3.20. The SMILES string of the molecule is COc1ccc2nc(CN3CCN(C(=O)c4ccc5ccccc5n4)CC3)[nH]c2c1. The highest BCUT2D eigenvalue weighted by molar-refractivity contribution is 5.95. The number of hydrogen-bond donors (Lipinski definition) is 1. The molecule has 0 spiro atoms. The molecule has 1 N–H and O–H groups in total. The molecule has 1 aliphatic heterocycles. The number of methoxy groups -OCH3 is 1. The smallest absolute Gasteiger partial charge is 0.272 e. The number of hydrogen-bond acceptors (Lipinski definition) is 5. The monoisotopic (exact) mass is 401 g/mol. The Kier molecular flexibility index (Phi) is 4.80. The first-order valence-electron chi connectivity index (χ1n) is 10.1. The van der Waals surface area contributed by atoms with Crippen molar-refractivity contribution in [3.8, 4) is 5.75 Å². The summed E-state index contributed by atoms with van der Waals surface area (Å²) in [5, 5.41) is 1.04. The lowest BCUT2D eigenvalue weighted by molar-refractivity contribution is 0.0620. The lowest BCUT2D eigenvalue weighted by atomic mass is 10.2. The molecular formula is C23H23N5O2. The summed E-state index contributed by atoms with van der Waals surface area (Å²) in [7, 11) is 1.66. The predicted octanol–water partition coefficient (Wildman–Crippen LogP) is 3.08. The van der Waals surface area contributed by atoms with Crippen molar-refractivity contribution in [3.63, 3.8) is 0 Å². The Labute approximate surface area is 174 Å². The van der Waals surface area contributed by atoms with E-state index in [2.05, 4.69) is 19.9 Å². The van der Waals surface area contributed by atoms with E-state index in [0.717, 1.165) is 53.1 Å². The maximum absolute atomic E-state index is 12.9. The summed E-state index contributed by atoms with van der Waals surface area (Å²) in [5.41, 5.74) is 3.26. The van der Waals surface area contributed by atoms with E-state index in [-0.39, 0.29) is 5.91 Å². The summed E-state index contributed by atoms with van der Waals surface area (Å²) < 4.78 is 5.28. The van der Waals surface area contributed by atoms with E-state index in [1.165, 1.54) is 0 Å². The van der Waals surface area contributed by atoms with Crippen LogP contribution in [-0.4, -0.2) is 63.9 Å². The third kappa shape index (κ3) is 3.59. The van der Waals surface area contributed by atoms with E-state index in [9.17, 15) is 4.79 Å². The van der Waals surface area contributed by atoms with Crippen LogP contribution in [0.4, 0.5) is 0 Å². The molecule has 7 heteroatoms. The number of ether oxygens (including phenoxy) is 1. The number of rotatable bonds is 4. The second kappa shape index (κ2) is 7.76. The number of aromatic amines is 1. The number of nitrogens with one attached hydrogen (secondary N) is 1. The summed E-state index contributed by atoms with van der Waals surface area (Å²) in [5.74, 6) is 1.73. The molecule has 5 rings (SSSR count). The minimum Gasteiger partial charge on any atom is -0.497 e. The molecule has 1 aliphatic rings. The predicted molar refractivity (Wildman–Crippen MR) is 116 cm³/mol. The molecule has 3 heterocycles. The lowest BCUT2D eigenvalue weighted by Gasteiger charge is -2.34. The van der Waals surface area contributed by atoms with Crippen LogP contribution >= 0.6 is 0 Å². The molecular weight excluding hydrogens is 378 g/mol. The van der Waals surface area contributed by atoms with E-state index in [1.807, 2.05) is 59.5 Å². The zero-order valence-electron chi connectivity index (χ0n) is 16.8. The van der Waals surface area contributed by atoms with Gasteiger partial charge in [-0.25, -0.2) is 9.97 Å². The molecule has 1 amide bonds. The number of amides is 1. The fourth-order valence-electron chi connectivity index (χ4n) is 3.91. The van der Waals surface area contributed by atoms with Crippen molar-refractivity contribution < 1.29 is 9.53 Å². The van der Waals surface area contributed by atoms with Gasteiger partial charge >= 0.3 is 0 Å². The molecule has 2 aromatic carbocycles. The summed E-state index contributed by atoms with van der Waals surface area (Å²) in [4.78, 5) is 29.7. The Morgan fingerprint density at radius 1 is 1.00 bits per heavy atom. The van der Waals surface area contributed by atoms with Crippen molar-refractivity contribution in [3.05, 3.63) is 66.1 Å². The third-order valence-corrected chi connectivity index (χ3v) is 5.59. The molecule has 0 aliphatic carbocycles. The molecule has 1 fully saturated rings. The summed E-state index contributed by atoms with van der Waals surface area (Å²) in [6, 6.07) is 17.5. The van der Waals surface area contributed by atoms with Crippen molar-refractivity contribution in [1.82, 2.24) is 24.8 Å². The number of carbonyl (C=O) groups is 1. The molecule has 0 bridgehead atoms. The highest BCUT2D eigenvalue weighted by Gasteiger charge is 2.23. The molecule has 7 nitrogen and oxygen atoms in total. The number of fused-ring (bicyclic) bond motifs is 2. The molecule has 1 saturated heterocycles. The minimum atomic E-state index is -0.00349. The fraction of sp³-hybridized carbons (Fsp3) is 0.261. The van der Waals surface area contributed by atoms with Crippen LogP contribution in [0.3, 0.4) is 0 Å². The Balaban J connectivity index is 1.23. The largest absolute Gasteiger partial charge is 0.497 e. The van der Waals surface area contributed by atoms with Crippen LogP contribution in [0.1, 0.15) is 16.3 Å². The number of piperazine rings is 1. The van der Waals surface area contributed by atoms with Gasteiger partial charge in [0, 0.05) is 37.6 Å². The molecule has 0 unspecified atom stereocenters. The topological polar surface area (TPSA) is 74.3 Å². The van der Waals surface area contributed by atoms with Crippen LogP contribution in [-0.2, 0) is 6.54 Å². The number of benzene rings is 2. The van der Waals surface area contributed by atoms with Gasteiger partial charge in [0.15, 0.2) is 0 Å². The van der Waals surface area contributed by atoms with E-state index >= 15 is 0 Å². The Morgan fingerprint density at radius 2 is 1.83 bits per heavy atom. The van der Waals surface area contributed by atoms with Crippen LogP contribution in [0.15, 0.2) is 54.6 Å². The van der Waals surface area contributed by atoms with Crippen molar-refractivity contribution in [2.24, 2.45) is 0 Å². The van der Waals surface area contributed by atoms with E-state index < -0.39 is 0 Å². The first-order valence-corrected chi connectivity index (χ1v) is 10.1. The van der Waals surface area contributed by atoms with E-state index in [4.69, 9.17) is 4.74 Å². The van der Waals surface area contributed by atoms with Gasteiger partial charge in [0.1, 0.15) is 17.3 Å². The number of pyridine rings is 1. The zero-order valence-corrected chi connectivity index (χ0v) is 16.8. The van der Waals surface area contributed by atoms with Gasteiger partial charge in [0.25, 0.3) is 5.91 Å². The number of imidazole rings is 1. The van der Waals surface area contributed by atoms with Gasteiger partial charge in [-0.15, -0.1) is 0 Å². The van der Waals surface area contributed by atoms with Crippen LogP contribution in [0.5, 0.6) is 5.75 Å². The normalized spacial score (nSPS) is 15.0. The van der Waals surface area contributed by atoms with Gasteiger partial charge in [-0.2, -0.15) is 0 Å². The van der Waals surface area contributed by atoms with Crippen molar-refractivity contribution >= 4 is 27.8 Å². The third-order valence-electron chi connectivity index (χ3n) is 5.59. The van der Waals surface area contributed by atoms with Gasteiger partial charge in [0.05, 0.1) is 30.2 Å². The van der Waals surface area contributed by atoms with Crippen LogP contribution in [0.2, 0.25) is 0 Å². The maximum atomic E-state index is 12.9. The van der Waals surface area contributed by atoms with Crippen molar-refractivity contribution in [1.29, 1.82) is 0 Å². The maximum Gasteiger partial charge on any atom is 0.272 e. The zero-order chi connectivity index (χ0) is 20.5. The van der Waals surface area contributed by atoms with Crippen molar-refractivity contribution in [2.45, 2.75) is 6.54 Å².